The number of fused-ring (bicyclic) bond motifs is 1. The maximum atomic E-state index is 12.2. The fourth-order valence-corrected chi connectivity index (χ4v) is 3.48. The zero-order valence-corrected chi connectivity index (χ0v) is 13.0. The van der Waals surface area contributed by atoms with E-state index in [2.05, 4.69) is 28.8 Å². The van der Waals surface area contributed by atoms with E-state index < -0.39 is 10.0 Å². The van der Waals surface area contributed by atoms with Gasteiger partial charge in [-0.2, -0.15) is 0 Å². The normalized spacial score (nSPS) is 14.3. The van der Waals surface area contributed by atoms with Gasteiger partial charge in [-0.25, -0.2) is 13.1 Å². The van der Waals surface area contributed by atoms with Gasteiger partial charge in [-0.3, -0.25) is 0 Å². The summed E-state index contributed by atoms with van der Waals surface area (Å²) in [5, 5.41) is 3.23. The summed E-state index contributed by atoms with van der Waals surface area (Å²) < 4.78 is 27.2. The molecular formula is C14H23N3O2S. The third-order valence-corrected chi connectivity index (χ3v) is 5.17. The van der Waals surface area contributed by atoms with Crippen molar-refractivity contribution in [1.29, 1.82) is 0 Å². The molecule has 0 saturated carbocycles. The summed E-state index contributed by atoms with van der Waals surface area (Å²) in [5.74, 6) is 0. The Morgan fingerprint density at radius 3 is 2.75 bits per heavy atom. The van der Waals surface area contributed by atoms with Gasteiger partial charge in [-0.05, 0) is 43.3 Å². The lowest BCUT2D eigenvalue weighted by atomic mass is 10.2. The lowest BCUT2D eigenvalue weighted by Crippen LogP contribution is -2.34. The van der Waals surface area contributed by atoms with Crippen LogP contribution in [0.25, 0.3) is 0 Å². The van der Waals surface area contributed by atoms with Crippen molar-refractivity contribution >= 4 is 15.7 Å². The Morgan fingerprint density at radius 2 is 2.05 bits per heavy atom. The molecule has 2 rings (SSSR count). The molecule has 2 N–H and O–H groups in total. The van der Waals surface area contributed by atoms with Gasteiger partial charge in [-0.15, -0.1) is 0 Å². The van der Waals surface area contributed by atoms with Crippen LogP contribution in [0.1, 0.15) is 19.4 Å². The molecule has 6 heteroatoms. The minimum atomic E-state index is -3.40. The van der Waals surface area contributed by atoms with Crippen LogP contribution in [0.4, 0.5) is 5.69 Å². The van der Waals surface area contributed by atoms with Crippen molar-refractivity contribution in [3.8, 4) is 0 Å². The Labute approximate surface area is 121 Å². The number of nitrogens with zero attached hydrogens (tertiary/aromatic N) is 1. The molecule has 0 fully saturated rings. The van der Waals surface area contributed by atoms with Crippen molar-refractivity contribution in [2.24, 2.45) is 0 Å². The molecule has 1 aliphatic heterocycles. The van der Waals surface area contributed by atoms with Crippen LogP contribution in [0.3, 0.4) is 0 Å². The zero-order valence-electron chi connectivity index (χ0n) is 12.1. The summed E-state index contributed by atoms with van der Waals surface area (Å²) in [4.78, 5) is 2.55. The van der Waals surface area contributed by atoms with Crippen LogP contribution in [0, 0.1) is 0 Å². The minimum absolute atomic E-state index is 0.361. The fraction of sp³-hybridized carbons (Fsp3) is 0.571. The summed E-state index contributed by atoms with van der Waals surface area (Å²) in [6, 6.07) is 5.28. The van der Waals surface area contributed by atoms with Crippen molar-refractivity contribution in [3.05, 3.63) is 23.8 Å². The van der Waals surface area contributed by atoms with Crippen LogP contribution in [-0.2, 0) is 16.4 Å². The molecule has 0 amide bonds. The van der Waals surface area contributed by atoms with E-state index in [4.69, 9.17) is 0 Å². The number of likely N-dealkylation sites (N-methyl/N-ethyl adjacent to an activating group) is 1. The third kappa shape index (κ3) is 3.50. The molecule has 0 bridgehead atoms. The van der Waals surface area contributed by atoms with Gasteiger partial charge < -0.3 is 10.2 Å². The average molecular weight is 297 g/mol. The quantitative estimate of drug-likeness (QED) is 0.796. The van der Waals surface area contributed by atoms with Gasteiger partial charge in [-0.1, -0.05) is 13.8 Å². The fourth-order valence-electron chi connectivity index (χ4n) is 2.41. The number of benzene rings is 1. The molecule has 5 nitrogen and oxygen atoms in total. The standard InChI is InChI=1S/C14H23N3O2S/c1-3-17(4-2)10-9-16-20(18,19)13-5-6-14-12(11-13)7-8-15-14/h5-6,11,15-16H,3-4,7-10H2,1-2H3. The number of sulfonamides is 1. The second-order valence-corrected chi connectivity index (χ2v) is 6.69. The Balaban J connectivity index is 2.00. The van der Waals surface area contributed by atoms with Crippen LogP contribution in [-0.4, -0.2) is 46.0 Å². The van der Waals surface area contributed by atoms with E-state index in [1.165, 1.54) is 0 Å². The topological polar surface area (TPSA) is 61.4 Å². The van der Waals surface area contributed by atoms with Crippen molar-refractivity contribution in [2.75, 3.05) is 38.0 Å². The van der Waals surface area contributed by atoms with Crippen molar-refractivity contribution in [1.82, 2.24) is 9.62 Å². The van der Waals surface area contributed by atoms with E-state index in [0.717, 1.165) is 43.9 Å². The van der Waals surface area contributed by atoms with Gasteiger partial charge in [0.1, 0.15) is 0 Å². The molecule has 0 aromatic heterocycles. The summed E-state index contributed by atoms with van der Waals surface area (Å²) in [6.07, 6.45) is 0.887. The first-order chi connectivity index (χ1) is 9.56. The number of nitrogens with one attached hydrogen (secondary N) is 2. The van der Waals surface area contributed by atoms with E-state index in [1.54, 1.807) is 12.1 Å². The maximum Gasteiger partial charge on any atom is 0.240 e. The number of rotatable bonds is 7. The highest BCUT2D eigenvalue weighted by molar-refractivity contribution is 7.89. The molecule has 1 aromatic rings. The number of anilines is 1. The molecule has 0 atom stereocenters. The zero-order chi connectivity index (χ0) is 14.6. The lowest BCUT2D eigenvalue weighted by Gasteiger charge is -2.18. The summed E-state index contributed by atoms with van der Waals surface area (Å²) in [7, 11) is -3.40. The minimum Gasteiger partial charge on any atom is -0.384 e. The Kier molecular flexibility index (Phi) is 5.01. The first kappa shape index (κ1) is 15.3. The van der Waals surface area contributed by atoms with Gasteiger partial charge in [0.2, 0.25) is 10.0 Å². The second kappa shape index (κ2) is 6.56. The summed E-state index contributed by atoms with van der Waals surface area (Å²) in [6.45, 7) is 8.08. The molecule has 0 radical (unpaired) electrons. The van der Waals surface area contributed by atoms with E-state index >= 15 is 0 Å². The second-order valence-electron chi connectivity index (χ2n) is 4.92. The van der Waals surface area contributed by atoms with Crippen LogP contribution in [0.15, 0.2) is 23.1 Å². The van der Waals surface area contributed by atoms with Gasteiger partial charge in [0.05, 0.1) is 4.90 Å². The summed E-state index contributed by atoms with van der Waals surface area (Å²) >= 11 is 0. The Bertz CT molecular complexity index is 554. The maximum absolute atomic E-state index is 12.2. The molecule has 1 aromatic carbocycles. The SMILES string of the molecule is CCN(CC)CCNS(=O)(=O)c1ccc2c(c1)CCN2. The molecule has 0 aliphatic carbocycles. The Hall–Kier alpha value is -1.11. The smallest absolute Gasteiger partial charge is 0.240 e. The highest BCUT2D eigenvalue weighted by atomic mass is 32.2. The van der Waals surface area contributed by atoms with Crippen LogP contribution in [0.2, 0.25) is 0 Å². The lowest BCUT2D eigenvalue weighted by molar-refractivity contribution is 0.309. The van der Waals surface area contributed by atoms with E-state index in [0.29, 0.717) is 11.4 Å². The molecule has 0 saturated heterocycles. The van der Waals surface area contributed by atoms with Crippen LogP contribution in [0.5, 0.6) is 0 Å². The van der Waals surface area contributed by atoms with Gasteiger partial charge in [0.15, 0.2) is 0 Å². The molecule has 1 aliphatic rings. The van der Waals surface area contributed by atoms with Crippen molar-refractivity contribution in [2.45, 2.75) is 25.2 Å². The highest BCUT2D eigenvalue weighted by Crippen LogP contribution is 2.24. The van der Waals surface area contributed by atoms with Crippen LogP contribution >= 0.6 is 0 Å². The van der Waals surface area contributed by atoms with Gasteiger partial charge in [0, 0.05) is 25.3 Å². The average Bonchev–Trinajstić information content (AvgIpc) is 2.91. The van der Waals surface area contributed by atoms with Gasteiger partial charge >= 0.3 is 0 Å². The molecule has 1 heterocycles. The number of hydrogen-bond donors (Lipinski definition) is 2. The monoisotopic (exact) mass is 297 g/mol. The molecule has 0 unspecified atom stereocenters. The van der Waals surface area contributed by atoms with Crippen LogP contribution < -0.4 is 10.0 Å². The van der Waals surface area contributed by atoms with E-state index in [9.17, 15) is 8.42 Å². The van der Waals surface area contributed by atoms with Crippen molar-refractivity contribution in [3.63, 3.8) is 0 Å². The predicted octanol–water partition coefficient (Wildman–Crippen LogP) is 1.27. The predicted molar refractivity (Wildman–Crippen MR) is 81.6 cm³/mol. The number of hydrogen-bond acceptors (Lipinski definition) is 4. The molecular weight excluding hydrogens is 274 g/mol. The molecule has 0 spiro atoms. The Morgan fingerprint density at radius 1 is 1.30 bits per heavy atom. The highest BCUT2D eigenvalue weighted by Gasteiger charge is 2.17. The van der Waals surface area contributed by atoms with Crippen molar-refractivity contribution < 1.29 is 8.42 Å². The summed E-state index contributed by atoms with van der Waals surface area (Å²) in [5.41, 5.74) is 2.13. The third-order valence-electron chi connectivity index (χ3n) is 3.71. The van der Waals surface area contributed by atoms with E-state index in [1.807, 2.05) is 6.07 Å². The molecule has 20 heavy (non-hydrogen) atoms. The van der Waals surface area contributed by atoms with E-state index in [-0.39, 0.29) is 0 Å². The first-order valence-corrected chi connectivity index (χ1v) is 8.64. The largest absolute Gasteiger partial charge is 0.384 e. The first-order valence-electron chi connectivity index (χ1n) is 7.15. The van der Waals surface area contributed by atoms with Gasteiger partial charge in [0.25, 0.3) is 0 Å². The molecule has 112 valence electrons.